The zero-order valence-electron chi connectivity index (χ0n) is 12.2. The summed E-state index contributed by atoms with van der Waals surface area (Å²) in [7, 11) is 0. The third-order valence-electron chi connectivity index (χ3n) is 3.59. The number of hydrogen-bond donors (Lipinski definition) is 0. The molecule has 18 heavy (non-hydrogen) atoms. The van der Waals surface area contributed by atoms with Crippen molar-refractivity contribution >= 4 is 29.9 Å². The van der Waals surface area contributed by atoms with Crippen molar-refractivity contribution < 1.29 is 0 Å². The van der Waals surface area contributed by atoms with Crippen LogP contribution < -0.4 is 0 Å². The van der Waals surface area contributed by atoms with Crippen molar-refractivity contribution in [3.05, 3.63) is 9.45 Å². The summed E-state index contributed by atoms with van der Waals surface area (Å²) in [5.41, 5.74) is 0. The van der Waals surface area contributed by atoms with Gasteiger partial charge in [0.1, 0.15) is 0 Å². The van der Waals surface area contributed by atoms with Gasteiger partial charge in [0.05, 0.1) is 0 Å². The van der Waals surface area contributed by atoms with Gasteiger partial charge in [0.15, 0.2) is 0 Å². The predicted molar refractivity (Wildman–Crippen MR) is 85.6 cm³/mol. The molecule has 1 aliphatic carbocycles. The summed E-state index contributed by atoms with van der Waals surface area (Å²) in [5.74, 6) is 0.999. The number of unbranched alkanes of at least 4 members (excludes halogenated alkanes) is 2. The third-order valence-corrected chi connectivity index (χ3v) is 9.01. The summed E-state index contributed by atoms with van der Waals surface area (Å²) < 4.78 is 1.92. The van der Waals surface area contributed by atoms with E-state index in [9.17, 15) is 0 Å². The normalized spacial score (nSPS) is 18.2. The summed E-state index contributed by atoms with van der Waals surface area (Å²) in [6, 6.07) is 0. The Balaban J connectivity index is 2.39. The number of hydrogen-bond acceptors (Lipinski definition) is 0. The zero-order chi connectivity index (χ0) is 13.1. The monoisotopic (exact) mass is 382 g/mol. The first-order valence-corrected chi connectivity index (χ1v) is 12.1. The van der Waals surface area contributed by atoms with Crippen LogP contribution in [0.3, 0.4) is 0 Å². The Morgan fingerprint density at radius 1 is 1.00 bits per heavy atom. The van der Waals surface area contributed by atoms with Gasteiger partial charge in [-0.15, -0.1) is 0 Å². The van der Waals surface area contributed by atoms with Crippen LogP contribution in [0.15, 0.2) is 9.45 Å². The van der Waals surface area contributed by atoms with E-state index in [2.05, 4.69) is 18.8 Å². The van der Waals surface area contributed by atoms with Crippen molar-refractivity contribution in [1.82, 2.24) is 0 Å². The first kappa shape index (κ1) is 16.8. The molecule has 2 heteroatoms. The fourth-order valence-corrected chi connectivity index (χ4v) is 8.31. The van der Waals surface area contributed by atoms with Gasteiger partial charge in [-0.3, -0.25) is 0 Å². The molecular formula is C16H30Se2. The molecule has 106 valence electrons. The summed E-state index contributed by atoms with van der Waals surface area (Å²) in [6.45, 7) is 4.64. The Morgan fingerprint density at radius 2 is 1.67 bits per heavy atom. The maximum absolute atomic E-state index is 2.72. The van der Waals surface area contributed by atoms with Gasteiger partial charge >= 0.3 is 128 Å². The van der Waals surface area contributed by atoms with Crippen LogP contribution in [0.5, 0.6) is 0 Å². The van der Waals surface area contributed by atoms with E-state index in [0.29, 0.717) is 0 Å². The molecule has 0 saturated heterocycles. The number of allylic oxidation sites excluding steroid dienone is 1. The summed E-state index contributed by atoms with van der Waals surface area (Å²) in [6.07, 6.45) is 13.1. The second-order valence-corrected chi connectivity index (χ2v) is 9.78. The van der Waals surface area contributed by atoms with Gasteiger partial charge in [-0.05, 0) is 0 Å². The molecule has 0 N–H and O–H groups in total. The van der Waals surface area contributed by atoms with Crippen molar-refractivity contribution in [3.8, 4) is 0 Å². The first-order chi connectivity index (χ1) is 8.88. The quantitative estimate of drug-likeness (QED) is 0.378. The standard InChI is InChI=1S/C16H30Se2/c1-3-5-12-17-14-16(18-13-6-4-2)15-10-8-7-9-11-15/h14-15H,3-13H2,1-2H3/b16-14-. The second-order valence-electron chi connectivity index (χ2n) is 5.28. The fourth-order valence-electron chi connectivity index (χ4n) is 2.34. The van der Waals surface area contributed by atoms with E-state index in [1.165, 1.54) is 68.4 Å². The Kier molecular flexibility index (Phi) is 10.8. The molecule has 0 bridgehead atoms. The van der Waals surface area contributed by atoms with Crippen LogP contribution in [0, 0.1) is 5.92 Å². The molecule has 0 amide bonds. The molecule has 0 nitrogen and oxygen atoms in total. The van der Waals surface area contributed by atoms with E-state index in [1.54, 1.807) is 0 Å². The predicted octanol–water partition coefficient (Wildman–Crippen LogP) is 5.25. The van der Waals surface area contributed by atoms with E-state index in [1.807, 2.05) is 4.47 Å². The molecular weight excluding hydrogens is 350 g/mol. The van der Waals surface area contributed by atoms with E-state index in [0.717, 1.165) is 35.8 Å². The van der Waals surface area contributed by atoms with E-state index in [-0.39, 0.29) is 0 Å². The fraction of sp³-hybridized carbons (Fsp3) is 0.875. The van der Waals surface area contributed by atoms with Gasteiger partial charge in [-0.1, -0.05) is 0 Å². The zero-order valence-corrected chi connectivity index (χ0v) is 15.7. The maximum atomic E-state index is 2.72. The molecule has 0 heterocycles. The molecule has 0 aromatic carbocycles. The molecule has 1 fully saturated rings. The van der Waals surface area contributed by atoms with Crippen LogP contribution in [0.1, 0.15) is 71.6 Å². The Hall–Kier alpha value is 0.779. The molecule has 1 aliphatic rings. The summed E-state index contributed by atoms with van der Waals surface area (Å²) in [5, 5.41) is 2.97. The minimum absolute atomic E-state index is 0.802. The van der Waals surface area contributed by atoms with E-state index < -0.39 is 0 Å². The van der Waals surface area contributed by atoms with Crippen LogP contribution in [-0.4, -0.2) is 29.9 Å². The van der Waals surface area contributed by atoms with Crippen LogP contribution in [0.4, 0.5) is 0 Å². The summed E-state index contributed by atoms with van der Waals surface area (Å²) in [4.78, 5) is 2.72. The Morgan fingerprint density at radius 3 is 2.33 bits per heavy atom. The molecule has 0 radical (unpaired) electrons. The Bertz CT molecular complexity index is 217. The topological polar surface area (TPSA) is 0 Å². The average molecular weight is 380 g/mol. The van der Waals surface area contributed by atoms with Gasteiger partial charge in [0.25, 0.3) is 0 Å². The van der Waals surface area contributed by atoms with Crippen LogP contribution >= 0.6 is 0 Å². The van der Waals surface area contributed by atoms with Crippen molar-refractivity contribution in [2.24, 2.45) is 5.92 Å². The number of rotatable bonds is 9. The van der Waals surface area contributed by atoms with Gasteiger partial charge < -0.3 is 0 Å². The Labute approximate surface area is 127 Å². The van der Waals surface area contributed by atoms with Crippen molar-refractivity contribution in [2.75, 3.05) is 0 Å². The molecule has 1 rings (SSSR count). The second kappa shape index (κ2) is 11.6. The van der Waals surface area contributed by atoms with Crippen LogP contribution in [0.2, 0.25) is 10.6 Å². The molecule has 0 aromatic heterocycles. The van der Waals surface area contributed by atoms with Gasteiger partial charge in [-0.25, -0.2) is 0 Å². The minimum atomic E-state index is 0.802. The van der Waals surface area contributed by atoms with Gasteiger partial charge in [0, 0.05) is 0 Å². The molecule has 0 unspecified atom stereocenters. The molecule has 0 aliphatic heterocycles. The third kappa shape index (κ3) is 7.39. The van der Waals surface area contributed by atoms with Crippen LogP contribution in [-0.2, 0) is 0 Å². The molecule has 1 saturated carbocycles. The van der Waals surface area contributed by atoms with Crippen LogP contribution in [0.25, 0.3) is 0 Å². The van der Waals surface area contributed by atoms with Crippen molar-refractivity contribution in [3.63, 3.8) is 0 Å². The molecule has 0 spiro atoms. The van der Waals surface area contributed by atoms with Gasteiger partial charge in [0.2, 0.25) is 0 Å². The SMILES string of the molecule is CCCC[Se]/C=C(\[Se]CCCC)C1CCCCC1. The first-order valence-electron chi connectivity index (χ1n) is 7.83. The molecule has 0 aromatic rings. The molecule has 0 atom stereocenters. The van der Waals surface area contributed by atoms with E-state index in [4.69, 9.17) is 0 Å². The van der Waals surface area contributed by atoms with E-state index >= 15 is 0 Å². The average Bonchev–Trinajstić information content (AvgIpc) is 2.42. The van der Waals surface area contributed by atoms with Crippen molar-refractivity contribution in [2.45, 2.75) is 82.3 Å². The van der Waals surface area contributed by atoms with Crippen molar-refractivity contribution in [1.29, 1.82) is 0 Å². The van der Waals surface area contributed by atoms with Gasteiger partial charge in [-0.2, -0.15) is 0 Å². The summed E-state index contributed by atoms with van der Waals surface area (Å²) >= 11 is 1.63.